The van der Waals surface area contributed by atoms with Crippen molar-refractivity contribution in [2.45, 2.75) is 6.54 Å². The first-order valence-corrected chi connectivity index (χ1v) is 10.5. The number of carbonyl (C=O) groups excluding carboxylic acids is 1. The number of nitrogens with zero attached hydrogens (tertiary/aromatic N) is 6. The highest BCUT2D eigenvalue weighted by Gasteiger charge is 2.23. The van der Waals surface area contributed by atoms with Crippen molar-refractivity contribution in [2.75, 3.05) is 31.1 Å². The minimum Gasteiger partial charge on any atom is -0.366 e. The van der Waals surface area contributed by atoms with Gasteiger partial charge in [-0.1, -0.05) is 12.1 Å². The summed E-state index contributed by atoms with van der Waals surface area (Å²) in [6.07, 6.45) is 1.37. The van der Waals surface area contributed by atoms with Gasteiger partial charge in [0.05, 0.1) is 11.4 Å². The van der Waals surface area contributed by atoms with E-state index in [4.69, 9.17) is 0 Å². The Morgan fingerprint density at radius 3 is 2.42 bits per heavy atom. The van der Waals surface area contributed by atoms with E-state index < -0.39 is 5.56 Å². The van der Waals surface area contributed by atoms with Crippen LogP contribution in [0.1, 0.15) is 0 Å². The summed E-state index contributed by atoms with van der Waals surface area (Å²) in [5, 5.41) is 8.39. The van der Waals surface area contributed by atoms with Gasteiger partial charge in [0.1, 0.15) is 30.0 Å². The van der Waals surface area contributed by atoms with Gasteiger partial charge < -0.3 is 9.80 Å². The smallest absolute Gasteiger partial charge is 0.293 e. The Labute approximate surface area is 187 Å². The van der Waals surface area contributed by atoms with Crippen molar-refractivity contribution >= 4 is 17.1 Å². The predicted molar refractivity (Wildman–Crippen MR) is 118 cm³/mol. The third kappa shape index (κ3) is 4.07. The lowest BCUT2D eigenvalue weighted by Crippen LogP contribution is -2.50. The highest BCUT2D eigenvalue weighted by Crippen LogP contribution is 2.21. The summed E-state index contributed by atoms with van der Waals surface area (Å²) >= 11 is 0. The molecular formula is C23H20F2N6O2. The highest BCUT2D eigenvalue weighted by molar-refractivity contribution is 5.76. The lowest BCUT2D eigenvalue weighted by molar-refractivity contribution is -0.132. The average molecular weight is 450 g/mol. The van der Waals surface area contributed by atoms with Gasteiger partial charge in [-0.15, -0.1) is 0 Å². The molecule has 1 aliphatic heterocycles. The minimum atomic E-state index is -0.447. The zero-order chi connectivity index (χ0) is 22.9. The number of fused-ring (bicyclic) bond motifs is 1. The third-order valence-electron chi connectivity index (χ3n) is 5.74. The molecule has 5 rings (SSSR count). The maximum Gasteiger partial charge on any atom is 0.293 e. The van der Waals surface area contributed by atoms with Crippen LogP contribution >= 0.6 is 0 Å². The van der Waals surface area contributed by atoms with Gasteiger partial charge >= 0.3 is 0 Å². The van der Waals surface area contributed by atoms with Crippen LogP contribution in [0.25, 0.3) is 16.8 Å². The Bertz CT molecular complexity index is 1370. The molecule has 0 aliphatic carbocycles. The molecule has 2 aromatic carbocycles. The lowest BCUT2D eigenvalue weighted by Gasteiger charge is -2.36. The number of benzene rings is 2. The molecule has 1 aliphatic rings. The lowest BCUT2D eigenvalue weighted by atomic mass is 10.1. The average Bonchev–Trinajstić information content (AvgIpc) is 3.27. The van der Waals surface area contributed by atoms with E-state index in [2.05, 4.69) is 10.2 Å². The van der Waals surface area contributed by atoms with Crippen LogP contribution in [0, 0.1) is 11.6 Å². The third-order valence-corrected chi connectivity index (χ3v) is 5.74. The van der Waals surface area contributed by atoms with Gasteiger partial charge in [-0.2, -0.15) is 10.2 Å². The predicted octanol–water partition coefficient (Wildman–Crippen LogP) is 2.19. The number of halogens is 2. The van der Waals surface area contributed by atoms with Crippen molar-refractivity contribution in [2.24, 2.45) is 0 Å². The van der Waals surface area contributed by atoms with Crippen LogP contribution in [0.4, 0.5) is 14.5 Å². The molecule has 3 heterocycles. The normalized spacial score (nSPS) is 14.1. The molecule has 0 N–H and O–H groups in total. The second-order valence-corrected chi connectivity index (χ2v) is 7.78. The van der Waals surface area contributed by atoms with Gasteiger partial charge in [-0.3, -0.25) is 9.59 Å². The van der Waals surface area contributed by atoms with E-state index in [1.165, 1.54) is 29.0 Å². The first-order valence-electron chi connectivity index (χ1n) is 10.5. The summed E-state index contributed by atoms with van der Waals surface area (Å²) in [4.78, 5) is 29.2. The Kier molecular flexibility index (Phi) is 5.33. The number of anilines is 1. The minimum absolute atomic E-state index is 0.202. The van der Waals surface area contributed by atoms with Crippen LogP contribution in [0.2, 0.25) is 0 Å². The summed E-state index contributed by atoms with van der Waals surface area (Å²) in [5.74, 6) is -0.887. The van der Waals surface area contributed by atoms with Crippen LogP contribution in [-0.2, 0) is 11.3 Å². The highest BCUT2D eigenvalue weighted by atomic mass is 19.1. The molecule has 0 spiro atoms. The summed E-state index contributed by atoms with van der Waals surface area (Å²) in [7, 11) is 0. The number of para-hydroxylation sites is 1. The van der Waals surface area contributed by atoms with Crippen LogP contribution in [-0.4, -0.2) is 56.4 Å². The largest absolute Gasteiger partial charge is 0.366 e. The second kappa shape index (κ2) is 8.45. The Balaban J connectivity index is 1.29. The van der Waals surface area contributed by atoms with Gasteiger partial charge in [-0.25, -0.2) is 18.0 Å². The van der Waals surface area contributed by atoms with E-state index in [0.29, 0.717) is 43.1 Å². The standard InChI is InChI=1S/C23H20F2N6O2/c24-17-7-5-16(6-8-17)19-13-21-23(33)30(26-15-31(21)27-19)14-22(32)29-11-9-28(10-12-29)20-4-2-1-3-18(20)25/h1-8,13,15H,9-12,14H2. The van der Waals surface area contributed by atoms with E-state index in [-0.39, 0.29) is 29.6 Å². The molecule has 8 nitrogen and oxygen atoms in total. The number of hydrogen-bond donors (Lipinski definition) is 0. The number of rotatable bonds is 4. The topological polar surface area (TPSA) is 75.7 Å². The van der Waals surface area contributed by atoms with Gasteiger partial charge in [0, 0.05) is 31.7 Å². The fourth-order valence-corrected chi connectivity index (χ4v) is 3.95. The number of amides is 1. The number of carbonyl (C=O) groups is 1. The van der Waals surface area contributed by atoms with Gasteiger partial charge in [0.15, 0.2) is 0 Å². The maximum atomic E-state index is 14.0. The SMILES string of the molecule is O=C(Cn1ncn2nc(-c3ccc(F)cc3)cc2c1=O)N1CCN(c2ccccc2F)CC1. The molecule has 33 heavy (non-hydrogen) atoms. The summed E-state index contributed by atoms with van der Waals surface area (Å²) in [6, 6.07) is 13.9. The molecule has 10 heteroatoms. The molecule has 1 amide bonds. The van der Waals surface area contributed by atoms with Crippen LogP contribution in [0.5, 0.6) is 0 Å². The summed E-state index contributed by atoms with van der Waals surface area (Å²) in [6.45, 7) is 1.64. The fraction of sp³-hybridized carbons (Fsp3) is 0.217. The van der Waals surface area contributed by atoms with Crippen LogP contribution < -0.4 is 10.5 Å². The Morgan fingerprint density at radius 1 is 0.970 bits per heavy atom. The molecule has 0 unspecified atom stereocenters. The molecule has 0 bridgehead atoms. The van der Waals surface area contributed by atoms with E-state index in [0.717, 1.165) is 4.68 Å². The summed E-state index contributed by atoms with van der Waals surface area (Å²) < 4.78 is 29.7. The summed E-state index contributed by atoms with van der Waals surface area (Å²) in [5.41, 5.74) is 1.50. The van der Waals surface area contributed by atoms with Crippen molar-refractivity contribution in [3.63, 3.8) is 0 Å². The molecule has 168 valence electrons. The molecule has 4 aromatic rings. The van der Waals surface area contributed by atoms with Crippen molar-refractivity contribution < 1.29 is 13.6 Å². The molecular weight excluding hydrogens is 430 g/mol. The van der Waals surface area contributed by atoms with Crippen molar-refractivity contribution in [1.29, 1.82) is 0 Å². The first-order chi connectivity index (χ1) is 16.0. The Morgan fingerprint density at radius 2 is 1.70 bits per heavy atom. The van der Waals surface area contributed by atoms with Gasteiger partial charge in [-0.05, 0) is 42.5 Å². The molecule has 1 fully saturated rings. The number of aromatic nitrogens is 4. The van der Waals surface area contributed by atoms with E-state index in [9.17, 15) is 18.4 Å². The maximum absolute atomic E-state index is 14.0. The molecule has 0 radical (unpaired) electrons. The quantitative estimate of drug-likeness (QED) is 0.477. The Hall–Kier alpha value is -4.08. The zero-order valence-electron chi connectivity index (χ0n) is 17.6. The van der Waals surface area contributed by atoms with E-state index in [1.807, 2.05) is 4.90 Å². The van der Waals surface area contributed by atoms with Crippen molar-refractivity contribution in [1.82, 2.24) is 24.3 Å². The zero-order valence-corrected chi connectivity index (χ0v) is 17.6. The fourth-order valence-electron chi connectivity index (χ4n) is 3.95. The van der Waals surface area contributed by atoms with E-state index >= 15 is 0 Å². The number of hydrogen-bond acceptors (Lipinski definition) is 5. The first kappa shape index (κ1) is 20.8. The van der Waals surface area contributed by atoms with Crippen LogP contribution in [0.15, 0.2) is 65.7 Å². The number of piperazine rings is 1. The van der Waals surface area contributed by atoms with Crippen molar-refractivity contribution in [3.05, 3.63) is 82.9 Å². The van der Waals surface area contributed by atoms with Gasteiger partial charge in [0.25, 0.3) is 5.56 Å². The van der Waals surface area contributed by atoms with Crippen LogP contribution in [0.3, 0.4) is 0 Å². The molecule has 0 atom stereocenters. The molecule has 0 saturated carbocycles. The molecule has 2 aromatic heterocycles. The second-order valence-electron chi connectivity index (χ2n) is 7.78. The van der Waals surface area contributed by atoms with Crippen molar-refractivity contribution in [3.8, 4) is 11.3 Å². The monoisotopic (exact) mass is 450 g/mol. The van der Waals surface area contributed by atoms with E-state index in [1.54, 1.807) is 41.3 Å². The molecule has 1 saturated heterocycles. The van der Waals surface area contributed by atoms with Gasteiger partial charge in [0.2, 0.25) is 5.91 Å².